The normalized spacial score (nSPS) is 9.35. The quantitative estimate of drug-likeness (QED) is 0.917. The zero-order chi connectivity index (χ0) is 14.5. The molecule has 2 aromatic carbocycles. The minimum absolute atomic E-state index is 0.286. The summed E-state index contributed by atoms with van der Waals surface area (Å²) < 4.78 is 0. The Morgan fingerprint density at radius 1 is 1.05 bits per heavy atom. The number of amides is 1. The lowest BCUT2D eigenvalue weighted by atomic mass is 10.1. The summed E-state index contributed by atoms with van der Waals surface area (Å²) in [5.74, 6) is -0.367. The SMILES string of the molecule is N#Cc1cccc(C(=O)Nc2ccc(C#N)cc2Cl)c1. The minimum Gasteiger partial charge on any atom is -0.321 e. The second-order valence-corrected chi connectivity index (χ2v) is 4.36. The maximum atomic E-state index is 12.0. The lowest BCUT2D eigenvalue weighted by Gasteiger charge is -2.07. The molecule has 0 saturated heterocycles. The second kappa shape index (κ2) is 5.88. The summed E-state index contributed by atoms with van der Waals surface area (Å²) in [5, 5.41) is 20.5. The topological polar surface area (TPSA) is 76.7 Å². The van der Waals surface area contributed by atoms with Crippen molar-refractivity contribution in [2.24, 2.45) is 0 Å². The van der Waals surface area contributed by atoms with E-state index >= 15 is 0 Å². The highest BCUT2D eigenvalue weighted by Gasteiger charge is 2.09. The Bertz CT molecular complexity index is 756. The van der Waals surface area contributed by atoms with Gasteiger partial charge in [-0.05, 0) is 36.4 Å². The highest BCUT2D eigenvalue weighted by Crippen LogP contribution is 2.23. The van der Waals surface area contributed by atoms with Crippen molar-refractivity contribution in [1.82, 2.24) is 0 Å². The van der Waals surface area contributed by atoms with Gasteiger partial charge in [0.05, 0.1) is 34.0 Å². The number of nitrogens with one attached hydrogen (secondary N) is 1. The van der Waals surface area contributed by atoms with Crippen LogP contribution >= 0.6 is 11.6 Å². The average Bonchev–Trinajstić information content (AvgIpc) is 2.49. The second-order valence-electron chi connectivity index (χ2n) is 3.95. The van der Waals surface area contributed by atoms with Crippen LogP contribution in [0.5, 0.6) is 0 Å². The van der Waals surface area contributed by atoms with Gasteiger partial charge in [-0.25, -0.2) is 0 Å². The van der Waals surface area contributed by atoms with Crippen LogP contribution in [0, 0.1) is 22.7 Å². The first-order valence-electron chi connectivity index (χ1n) is 5.65. The molecule has 20 heavy (non-hydrogen) atoms. The van der Waals surface area contributed by atoms with Crippen LogP contribution in [-0.4, -0.2) is 5.91 Å². The Kier molecular flexibility index (Phi) is 4.00. The summed E-state index contributed by atoms with van der Waals surface area (Å²) >= 11 is 5.98. The Morgan fingerprint density at radius 3 is 2.40 bits per heavy atom. The Morgan fingerprint density at radius 2 is 1.75 bits per heavy atom. The summed E-state index contributed by atoms with van der Waals surface area (Å²) in [5.41, 5.74) is 1.60. The van der Waals surface area contributed by atoms with Crippen molar-refractivity contribution < 1.29 is 4.79 Å². The first-order chi connectivity index (χ1) is 9.63. The number of halogens is 1. The molecule has 2 aromatic rings. The van der Waals surface area contributed by atoms with Crippen LogP contribution in [0.4, 0.5) is 5.69 Å². The Labute approximate surface area is 120 Å². The van der Waals surface area contributed by atoms with Crippen molar-refractivity contribution in [3.05, 3.63) is 64.2 Å². The van der Waals surface area contributed by atoms with Crippen LogP contribution in [0.25, 0.3) is 0 Å². The molecule has 0 heterocycles. The van der Waals surface area contributed by atoms with Crippen LogP contribution in [0.2, 0.25) is 5.02 Å². The van der Waals surface area contributed by atoms with Crippen LogP contribution in [0.1, 0.15) is 21.5 Å². The number of carbonyl (C=O) groups is 1. The molecule has 0 aliphatic carbocycles. The molecule has 0 saturated carbocycles. The van der Waals surface area contributed by atoms with E-state index in [1.54, 1.807) is 30.3 Å². The summed E-state index contributed by atoms with van der Waals surface area (Å²) in [6, 6.07) is 14.9. The van der Waals surface area contributed by atoms with Crippen LogP contribution < -0.4 is 5.32 Å². The molecule has 0 atom stereocenters. The Balaban J connectivity index is 2.24. The molecular formula is C15H8ClN3O. The van der Waals surface area contributed by atoms with Crippen molar-refractivity contribution in [1.29, 1.82) is 10.5 Å². The summed E-state index contributed by atoms with van der Waals surface area (Å²) in [6.45, 7) is 0. The maximum Gasteiger partial charge on any atom is 0.255 e. The molecule has 0 aromatic heterocycles. The molecule has 2 rings (SSSR count). The van der Waals surface area contributed by atoms with E-state index in [4.69, 9.17) is 22.1 Å². The first-order valence-corrected chi connectivity index (χ1v) is 6.03. The fraction of sp³-hybridized carbons (Fsp3) is 0. The van der Waals surface area contributed by atoms with Crippen LogP contribution in [0.3, 0.4) is 0 Å². The van der Waals surface area contributed by atoms with E-state index in [0.717, 1.165) is 0 Å². The number of carbonyl (C=O) groups excluding carboxylic acids is 1. The van der Waals surface area contributed by atoms with Gasteiger partial charge in [-0.1, -0.05) is 17.7 Å². The number of anilines is 1. The van der Waals surface area contributed by atoms with E-state index < -0.39 is 0 Å². The molecule has 0 aliphatic heterocycles. The number of benzene rings is 2. The summed E-state index contributed by atoms with van der Waals surface area (Å²) in [6.07, 6.45) is 0. The predicted molar refractivity (Wildman–Crippen MR) is 75.3 cm³/mol. The largest absolute Gasteiger partial charge is 0.321 e. The van der Waals surface area contributed by atoms with Gasteiger partial charge in [0, 0.05) is 5.56 Å². The monoisotopic (exact) mass is 281 g/mol. The summed E-state index contributed by atoms with van der Waals surface area (Å²) in [7, 11) is 0. The number of nitrogens with zero attached hydrogens (tertiary/aromatic N) is 2. The lowest BCUT2D eigenvalue weighted by Crippen LogP contribution is -2.12. The smallest absolute Gasteiger partial charge is 0.255 e. The molecule has 0 unspecified atom stereocenters. The number of nitriles is 2. The first kappa shape index (κ1) is 13.6. The number of hydrogen-bond donors (Lipinski definition) is 1. The van der Waals surface area contributed by atoms with E-state index in [-0.39, 0.29) is 10.9 Å². The number of hydrogen-bond acceptors (Lipinski definition) is 3. The third-order valence-electron chi connectivity index (χ3n) is 2.60. The molecule has 1 N–H and O–H groups in total. The standard InChI is InChI=1S/C15H8ClN3O/c16-13-7-11(9-18)4-5-14(13)19-15(20)12-3-1-2-10(6-12)8-17/h1-7H,(H,19,20). The van der Waals surface area contributed by atoms with E-state index in [9.17, 15) is 4.79 Å². The van der Waals surface area contributed by atoms with Gasteiger partial charge in [-0.2, -0.15) is 10.5 Å². The summed E-state index contributed by atoms with van der Waals surface area (Å²) in [4.78, 5) is 12.0. The molecule has 0 fully saturated rings. The van der Waals surface area contributed by atoms with Gasteiger partial charge in [0.25, 0.3) is 5.91 Å². The van der Waals surface area contributed by atoms with E-state index in [1.807, 2.05) is 12.1 Å². The molecule has 5 heteroatoms. The Hall–Kier alpha value is -2.82. The molecule has 4 nitrogen and oxygen atoms in total. The lowest BCUT2D eigenvalue weighted by molar-refractivity contribution is 0.102. The van der Waals surface area contributed by atoms with Crippen LogP contribution in [-0.2, 0) is 0 Å². The molecular weight excluding hydrogens is 274 g/mol. The molecule has 1 amide bonds. The molecule has 0 spiro atoms. The van der Waals surface area contributed by atoms with Gasteiger partial charge in [-0.15, -0.1) is 0 Å². The molecule has 96 valence electrons. The molecule has 0 radical (unpaired) electrons. The van der Waals surface area contributed by atoms with Gasteiger partial charge < -0.3 is 5.32 Å². The van der Waals surface area contributed by atoms with Crippen molar-refractivity contribution in [3.63, 3.8) is 0 Å². The van der Waals surface area contributed by atoms with Gasteiger partial charge in [0.1, 0.15) is 0 Å². The minimum atomic E-state index is -0.367. The molecule has 0 bridgehead atoms. The number of rotatable bonds is 2. The van der Waals surface area contributed by atoms with Crippen molar-refractivity contribution in [2.45, 2.75) is 0 Å². The van der Waals surface area contributed by atoms with Crippen molar-refractivity contribution in [3.8, 4) is 12.1 Å². The van der Waals surface area contributed by atoms with E-state index in [1.165, 1.54) is 12.1 Å². The fourth-order valence-corrected chi connectivity index (χ4v) is 1.84. The van der Waals surface area contributed by atoms with E-state index in [2.05, 4.69) is 5.32 Å². The van der Waals surface area contributed by atoms with Gasteiger partial charge in [-0.3, -0.25) is 4.79 Å². The van der Waals surface area contributed by atoms with Gasteiger partial charge >= 0.3 is 0 Å². The average molecular weight is 282 g/mol. The molecule has 0 aliphatic rings. The third kappa shape index (κ3) is 2.95. The highest BCUT2D eigenvalue weighted by atomic mass is 35.5. The highest BCUT2D eigenvalue weighted by molar-refractivity contribution is 6.34. The third-order valence-corrected chi connectivity index (χ3v) is 2.91. The predicted octanol–water partition coefficient (Wildman–Crippen LogP) is 3.34. The van der Waals surface area contributed by atoms with E-state index in [0.29, 0.717) is 22.4 Å². The fourth-order valence-electron chi connectivity index (χ4n) is 1.61. The zero-order valence-electron chi connectivity index (χ0n) is 10.2. The van der Waals surface area contributed by atoms with Crippen molar-refractivity contribution >= 4 is 23.2 Å². The van der Waals surface area contributed by atoms with Gasteiger partial charge in [0.2, 0.25) is 0 Å². The van der Waals surface area contributed by atoms with Crippen LogP contribution in [0.15, 0.2) is 42.5 Å². The zero-order valence-corrected chi connectivity index (χ0v) is 11.0. The van der Waals surface area contributed by atoms with Gasteiger partial charge in [0.15, 0.2) is 0 Å². The van der Waals surface area contributed by atoms with Crippen molar-refractivity contribution in [2.75, 3.05) is 5.32 Å². The maximum absolute atomic E-state index is 12.0.